The molecule has 1 N–H and O–H groups in total. The summed E-state index contributed by atoms with van der Waals surface area (Å²) < 4.78 is 2.82. The van der Waals surface area contributed by atoms with Crippen LogP contribution in [0.3, 0.4) is 0 Å². The number of hydrogen-bond acceptors (Lipinski definition) is 4. The first-order valence-corrected chi connectivity index (χ1v) is 10.1. The number of aryl methyl sites for hydroxylation is 2. The van der Waals surface area contributed by atoms with Crippen molar-refractivity contribution in [1.82, 2.24) is 19.7 Å². The van der Waals surface area contributed by atoms with Crippen molar-refractivity contribution in [2.24, 2.45) is 0 Å². The van der Waals surface area contributed by atoms with Crippen LogP contribution in [0.25, 0.3) is 16.7 Å². The van der Waals surface area contributed by atoms with Crippen LogP contribution in [0.2, 0.25) is 0 Å². The largest absolute Gasteiger partial charge is 0.390 e. The van der Waals surface area contributed by atoms with Gasteiger partial charge >= 0.3 is 0 Å². The Hall–Kier alpha value is -1.54. The van der Waals surface area contributed by atoms with E-state index in [0.717, 1.165) is 51.9 Å². The molecule has 136 valence electrons. The third-order valence-corrected chi connectivity index (χ3v) is 6.02. The summed E-state index contributed by atoms with van der Waals surface area (Å²) in [5.41, 5.74) is 3.25. The summed E-state index contributed by atoms with van der Waals surface area (Å²) in [6, 6.07) is 6.45. The van der Waals surface area contributed by atoms with Crippen molar-refractivity contribution < 1.29 is 5.11 Å². The standard InChI is InChI=1S/C20H23IN4O/c1-12-8-15-11-22-25(19-10-18(21)23-13(2)24-19)17(15)9-16(12)14-4-6-20(3,26)7-5-14/h8-11,14,26H,4-7H2,1-3H3. The first-order chi connectivity index (χ1) is 12.3. The molecule has 0 saturated heterocycles. The maximum atomic E-state index is 10.3. The van der Waals surface area contributed by atoms with Gasteiger partial charge in [0.15, 0.2) is 5.82 Å². The highest BCUT2D eigenvalue weighted by Crippen LogP contribution is 2.40. The van der Waals surface area contributed by atoms with Crippen molar-refractivity contribution in [1.29, 1.82) is 0 Å². The Balaban J connectivity index is 1.78. The van der Waals surface area contributed by atoms with Crippen LogP contribution in [0.1, 0.15) is 55.5 Å². The topological polar surface area (TPSA) is 63.8 Å². The Kier molecular flexibility index (Phi) is 4.51. The number of aliphatic hydroxyl groups is 1. The van der Waals surface area contributed by atoms with Gasteiger partial charge in [0.05, 0.1) is 17.3 Å². The summed E-state index contributed by atoms with van der Waals surface area (Å²) in [7, 11) is 0. The van der Waals surface area contributed by atoms with E-state index in [9.17, 15) is 5.11 Å². The molecular formula is C20H23IN4O. The molecule has 5 nitrogen and oxygen atoms in total. The summed E-state index contributed by atoms with van der Waals surface area (Å²) in [6.45, 7) is 6.03. The van der Waals surface area contributed by atoms with Crippen LogP contribution in [0, 0.1) is 17.5 Å². The fraction of sp³-hybridized carbons (Fsp3) is 0.450. The average molecular weight is 462 g/mol. The number of hydrogen-bond donors (Lipinski definition) is 1. The Morgan fingerprint density at radius 2 is 1.88 bits per heavy atom. The molecule has 0 unspecified atom stereocenters. The van der Waals surface area contributed by atoms with Gasteiger partial charge < -0.3 is 5.11 Å². The predicted octanol–water partition coefficient (Wildman–Crippen LogP) is 4.45. The number of halogens is 1. The van der Waals surface area contributed by atoms with Crippen molar-refractivity contribution in [3.63, 3.8) is 0 Å². The van der Waals surface area contributed by atoms with Gasteiger partial charge in [0.25, 0.3) is 0 Å². The van der Waals surface area contributed by atoms with Gasteiger partial charge in [-0.25, -0.2) is 14.6 Å². The summed E-state index contributed by atoms with van der Waals surface area (Å²) in [4.78, 5) is 8.92. The monoisotopic (exact) mass is 462 g/mol. The fourth-order valence-corrected chi connectivity index (χ4v) is 4.63. The lowest BCUT2D eigenvalue weighted by Gasteiger charge is -2.33. The molecule has 2 heterocycles. The Bertz CT molecular complexity index is 949. The molecule has 2 aromatic heterocycles. The molecule has 26 heavy (non-hydrogen) atoms. The molecule has 3 aromatic rings. The second-order valence-electron chi connectivity index (χ2n) is 7.69. The minimum atomic E-state index is -0.508. The van der Waals surface area contributed by atoms with Crippen LogP contribution in [-0.4, -0.2) is 30.5 Å². The summed E-state index contributed by atoms with van der Waals surface area (Å²) in [5.74, 6) is 2.05. The van der Waals surface area contributed by atoms with Gasteiger partial charge in [-0.3, -0.25) is 0 Å². The third-order valence-electron chi connectivity index (χ3n) is 5.47. The second-order valence-corrected chi connectivity index (χ2v) is 8.80. The van der Waals surface area contributed by atoms with Crippen LogP contribution in [0.15, 0.2) is 24.4 Å². The average Bonchev–Trinajstić information content (AvgIpc) is 2.96. The second kappa shape index (κ2) is 6.56. The molecule has 4 rings (SSSR count). The zero-order chi connectivity index (χ0) is 18.5. The van der Waals surface area contributed by atoms with E-state index in [4.69, 9.17) is 0 Å². The highest BCUT2D eigenvalue weighted by molar-refractivity contribution is 14.1. The van der Waals surface area contributed by atoms with Crippen molar-refractivity contribution in [2.75, 3.05) is 0 Å². The molecule has 0 aliphatic heterocycles. The third kappa shape index (κ3) is 3.36. The molecule has 1 aliphatic carbocycles. The lowest BCUT2D eigenvalue weighted by Crippen LogP contribution is -2.29. The van der Waals surface area contributed by atoms with Crippen molar-refractivity contribution in [2.45, 2.75) is 58.0 Å². The van der Waals surface area contributed by atoms with E-state index in [2.05, 4.69) is 56.7 Å². The highest BCUT2D eigenvalue weighted by atomic mass is 127. The normalized spacial score (nSPS) is 23.5. The molecule has 6 heteroatoms. The zero-order valence-electron chi connectivity index (χ0n) is 15.3. The van der Waals surface area contributed by atoms with Gasteiger partial charge in [-0.1, -0.05) is 0 Å². The number of aromatic nitrogens is 4. The molecule has 0 bridgehead atoms. The lowest BCUT2D eigenvalue weighted by atomic mass is 9.76. The SMILES string of the molecule is Cc1nc(I)cc(-n2ncc3cc(C)c(C4CCC(C)(O)CC4)cc32)n1. The van der Waals surface area contributed by atoms with Gasteiger partial charge in [-0.15, -0.1) is 0 Å². The molecule has 0 spiro atoms. The van der Waals surface area contributed by atoms with E-state index in [1.54, 1.807) is 0 Å². The molecule has 1 fully saturated rings. The first-order valence-electron chi connectivity index (χ1n) is 9.05. The quantitative estimate of drug-likeness (QED) is 0.452. The zero-order valence-corrected chi connectivity index (χ0v) is 17.5. The molecule has 0 radical (unpaired) electrons. The Morgan fingerprint density at radius 1 is 1.15 bits per heavy atom. The van der Waals surface area contributed by atoms with Gasteiger partial charge in [-0.2, -0.15) is 5.10 Å². The lowest BCUT2D eigenvalue weighted by molar-refractivity contribution is 0.0171. The Labute approximate surface area is 167 Å². The Morgan fingerprint density at radius 3 is 2.58 bits per heavy atom. The van der Waals surface area contributed by atoms with Crippen LogP contribution in [-0.2, 0) is 0 Å². The molecular weight excluding hydrogens is 439 g/mol. The van der Waals surface area contributed by atoms with E-state index in [1.807, 2.05) is 30.8 Å². The van der Waals surface area contributed by atoms with E-state index < -0.39 is 5.60 Å². The highest BCUT2D eigenvalue weighted by Gasteiger charge is 2.30. The molecule has 1 saturated carbocycles. The first kappa shape index (κ1) is 17.9. The smallest absolute Gasteiger partial charge is 0.158 e. The molecule has 1 aromatic carbocycles. The molecule has 0 amide bonds. The molecule has 0 atom stereocenters. The van der Waals surface area contributed by atoms with E-state index in [0.29, 0.717) is 5.92 Å². The number of rotatable bonds is 2. The van der Waals surface area contributed by atoms with Crippen molar-refractivity contribution in [3.8, 4) is 5.82 Å². The van der Waals surface area contributed by atoms with Crippen LogP contribution < -0.4 is 0 Å². The molecule has 1 aliphatic rings. The van der Waals surface area contributed by atoms with Crippen LogP contribution in [0.4, 0.5) is 0 Å². The van der Waals surface area contributed by atoms with Crippen LogP contribution >= 0.6 is 22.6 Å². The fourth-order valence-electron chi connectivity index (χ4n) is 4.00. The van der Waals surface area contributed by atoms with Gasteiger partial charge in [0, 0.05) is 11.5 Å². The number of benzene rings is 1. The van der Waals surface area contributed by atoms with Gasteiger partial charge in [0.1, 0.15) is 9.53 Å². The van der Waals surface area contributed by atoms with E-state index in [1.165, 1.54) is 11.1 Å². The van der Waals surface area contributed by atoms with E-state index >= 15 is 0 Å². The van der Waals surface area contributed by atoms with Crippen molar-refractivity contribution in [3.05, 3.63) is 45.0 Å². The van der Waals surface area contributed by atoms with E-state index in [-0.39, 0.29) is 0 Å². The minimum Gasteiger partial charge on any atom is -0.390 e. The van der Waals surface area contributed by atoms with Gasteiger partial charge in [-0.05, 0) is 98.2 Å². The predicted molar refractivity (Wildman–Crippen MR) is 111 cm³/mol. The maximum absolute atomic E-state index is 10.3. The summed E-state index contributed by atoms with van der Waals surface area (Å²) in [6.07, 6.45) is 5.67. The summed E-state index contributed by atoms with van der Waals surface area (Å²) >= 11 is 2.21. The minimum absolute atomic E-state index is 0.496. The summed E-state index contributed by atoms with van der Waals surface area (Å²) in [5, 5.41) is 16.0. The number of fused-ring (bicyclic) bond motifs is 1. The van der Waals surface area contributed by atoms with Crippen molar-refractivity contribution >= 4 is 33.5 Å². The van der Waals surface area contributed by atoms with Crippen LogP contribution in [0.5, 0.6) is 0 Å². The maximum Gasteiger partial charge on any atom is 0.158 e. The van der Waals surface area contributed by atoms with Gasteiger partial charge in [0.2, 0.25) is 0 Å². The number of nitrogens with zero attached hydrogens (tertiary/aromatic N) is 4.